The molecule has 1 aromatic heterocycles. The van der Waals surface area contributed by atoms with Gasteiger partial charge in [-0.25, -0.2) is 0 Å². The van der Waals surface area contributed by atoms with Crippen LogP contribution in [0, 0.1) is 0 Å². The number of aromatic nitrogens is 3. The Morgan fingerprint density at radius 2 is 2.54 bits per heavy atom. The van der Waals surface area contributed by atoms with E-state index in [9.17, 15) is 0 Å². The van der Waals surface area contributed by atoms with E-state index in [1.165, 1.54) is 0 Å². The number of aryl methyl sites for hydroxylation is 1. The molecule has 0 aromatic carbocycles. The van der Waals surface area contributed by atoms with Crippen molar-refractivity contribution in [3.8, 4) is 0 Å². The summed E-state index contributed by atoms with van der Waals surface area (Å²) in [5.74, 6) is 0. The van der Waals surface area contributed by atoms with Crippen LogP contribution in [0.2, 0.25) is 0 Å². The van der Waals surface area contributed by atoms with Crippen LogP contribution in [-0.4, -0.2) is 34.1 Å². The predicted molar refractivity (Wildman–Crippen MR) is 49.8 cm³/mol. The molecular weight excluding hydrogens is 166 g/mol. The van der Waals surface area contributed by atoms with Gasteiger partial charge in [0.2, 0.25) is 0 Å². The van der Waals surface area contributed by atoms with E-state index in [0.29, 0.717) is 0 Å². The highest BCUT2D eigenvalue weighted by molar-refractivity contribution is 5.64. The molecule has 0 saturated carbocycles. The van der Waals surface area contributed by atoms with Crippen molar-refractivity contribution in [2.24, 2.45) is 12.8 Å². The molecule has 0 aliphatic carbocycles. The summed E-state index contributed by atoms with van der Waals surface area (Å²) < 4.78 is 0. The molecule has 13 heavy (non-hydrogen) atoms. The molecule has 2 heterocycles. The fraction of sp³-hybridized carbons (Fsp3) is 0.500. The van der Waals surface area contributed by atoms with Crippen LogP contribution in [0.5, 0.6) is 0 Å². The molecule has 0 radical (unpaired) electrons. The van der Waals surface area contributed by atoms with Crippen LogP contribution in [-0.2, 0) is 7.05 Å². The van der Waals surface area contributed by atoms with Gasteiger partial charge in [0.05, 0.1) is 6.20 Å². The highest BCUT2D eigenvalue weighted by atomic mass is 15.4. The van der Waals surface area contributed by atoms with Crippen LogP contribution in [0.15, 0.2) is 12.3 Å². The van der Waals surface area contributed by atoms with Gasteiger partial charge >= 0.3 is 0 Å². The zero-order valence-electron chi connectivity index (χ0n) is 7.57. The maximum Gasteiger partial charge on any atom is 0.110 e. The third-order valence-corrected chi connectivity index (χ3v) is 2.04. The van der Waals surface area contributed by atoms with Crippen molar-refractivity contribution in [1.29, 1.82) is 0 Å². The Balaban J connectivity index is 2.25. The van der Waals surface area contributed by atoms with Gasteiger partial charge < -0.3 is 11.1 Å². The number of rotatable bonds is 1. The molecule has 1 aromatic rings. The summed E-state index contributed by atoms with van der Waals surface area (Å²) in [4.78, 5) is 1.55. The summed E-state index contributed by atoms with van der Waals surface area (Å²) in [5.41, 5.74) is 7.81. The topological polar surface area (TPSA) is 68.8 Å². The minimum atomic E-state index is 0.0887. The van der Waals surface area contributed by atoms with Gasteiger partial charge in [0.1, 0.15) is 5.69 Å². The van der Waals surface area contributed by atoms with Crippen molar-refractivity contribution >= 4 is 5.57 Å². The maximum atomic E-state index is 5.78. The third-order valence-electron chi connectivity index (χ3n) is 2.04. The zero-order chi connectivity index (χ0) is 9.26. The molecule has 1 aliphatic heterocycles. The smallest absolute Gasteiger partial charge is 0.110 e. The number of nitrogens with zero attached hydrogens (tertiary/aromatic N) is 3. The maximum absolute atomic E-state index is 5.78. The van der Waals surface area contributed by atoms with Crippen LogP contribution in [0.1, 0.15) is 5.69 Å². The summed E-state index contributed by atoms with van der Waals surface area (Å²) in [6.07, 6.45) is 3.80. The van der Waals surface area contributed by atoms with Gasteiger partial charge in [-0.1, -0.05) is 6.08 Å². The average molecular weight is 179 g/mol. The Hall–Kier alpha value is -1.20. The van der Waals surface area contributed by atoms with Gasteiger partial charge in [-0.3, -0.25) is 0 Å². The van der Waals surface area contributed by atoms with Crippen molar-refractivity contribution in [3.05, 3.63) is 18.0 Å². The molecule has 5 nitrogen and oxygen atoms in total. The van der Waals surface area contributed by atoms with Crippen LogP contribution in [0.3, 0.4) is 0 Å². The molecule has 5 heteroatoms. The molecule has 0 bridgehead atoms. The van der Waals surface area contributed by atoms with Gasteiger partial charge in [-0.15, -0.1) is 0 Å². The summed E-state index contributed by atoms with van der Waals surface area (Å²) in [6.45, 7) is 1.66. The molecule has 1 unspecified atom stereocenters. The first-order chi connectivity index (χ1) is 6.25. The second-order valence-electron chi connectivity index (χ2n) is 3.21. The first-order valence-electron chi connectivity index (χ1n) is 4.29. The van der Waals surface area contributed by atoms with Crippen molar-refractivity contribution in [1.82, 2.24) is 20.3 Å². The Bertz CT molecular complexity index is 327. The van der Waals surface area contributed by atoms with Gasteiger partial charge in [0, 0.05) is 26.2 Å². The lowest BCUT2D eigenvalue weighted by Gasteiger charge is -2.17. The molecule has 0 spiro atoms. The van der Waals surface area contributed by atoms with E-state index in [2.05, 4.69) is 15.5 Å². The molecule has 1 atom stereocenters. The largest absolute Gasteiger partial charge is 0.323 e. The predicted octanol–water partition coefficient (Wildman–Crippen LogP) is -0.871. The lowest BCUT2D eigenvalue weighted by Crippen LogP contribution is -2.37. The zero-order valence-corrected chi connectivity index (χ0v) is 7.57. The molecule has 1 aliphatic rings. The van der Waals surface area contributed by atoms with E-state index in [0.717, 1.165) is 24.4 Å². The average Bonchev–Trinajstić information content (AvgIpc) is 2.52. The van der Waals surface area contributed by atoms with Gasteiger partial charge in [0.15, 0.2) is 0 Å². The summed E-state index contributed by atoms with van der Waals surface area (Å²) in [6, 6.07) is 0.0887. The fourth-order valence-corrected chi connectivity index (χ4v) is 1.42. The van der Waals surface area contributed by atoms with E-state index in [1.54, 1.807) is 18.0 Å². The highest BCUT2D eigenvalue weighted by Crippen LogP contribution is 2.12. The van der Waals surface area contributed by atoms with E-state index in [1.807, 2.05) is 6.08 Å². The molecule has 0 saturated heterocycles. The molecule has 0 amide bonds. The van der Waals surface area contributed by atoms with Crippen LogP contribution >= 0.6 is 0 Å². The van der Waals surface area contributed by atoms with Gasteiger partial charge in [-0.05, 0) is 5.57 Å². The highest BCUT2D eigenvalue weighted by Gasteiger charge is 2.12. The monoisotopic (exact) mass is 179 g/mol. The number of nitrogens with two attached hydrogens (primary N) is 1. The quantitative estimate of drug-likeness (QED) is 0.588. The van der Waals surface area contributed by atoms with E-state index >= 15 is 0 Å². The number of hydrogen-bond donors (Lipinski definition) is 2. The molecular formula is C8H13N5. The Morgan fingerprint density at radius 3 is 3.15 bits per heavy atom. The van der Waals surface area contributed by atoms with Crippen molar-refractivity contribution < 1.29 is 0 Å². The van der Waals surface area contributed by atoms with E-state index < -0.39 is 0 Å². The lowest BCUT2D eigenvalue weighted by molar-refractivity contribution is 0.643. The molecule has 0 fully saturated rings. The van der Waals surface area contributed by atoms with Gasteiger partial charge in [-0.2, -0.15) is 15.0 Å². The van der Waals surface area contributed by atoms with Gasteiger partial charge in [0.25, 0.3) is 0 Å². The van der Waals surface area contributed by atoms with Crippen LogP contribution in [0.4, 0.5) is 0 Å². The van der Waals surface area contributed by atoms with E-state index in [4.69, 9.17) is 5.73 Å². The number of hydrogen-bond acceptors (Lipinski definition) is 4. The minimum Gasteiger partial charge on any atom is -0.323 e. The van der Waals surface area contributed by atoms with Crippen molar-refractivity contribution in [2.75, 3.05) is 13.1 Å². The summed E-state index contributed by atoms with van der Waals surface area (Å²) >= 11 is 0. The van der Waals surface area contributed by atoms with Crippen molar-refractivity contribution in [3.63, 3.8) is 0 Å². The molecule has 2 rings (SSSR count). The number of nitrogens with one attached hydrogen (secondary N) is 1. The second kappa shape index (κ2) is 3.27. The Labute approximate surface area is 76.6 Å². The minimum absolute atomic E-state index is 0.0887. The lowest BCUT2D eigenvalue weighted by atomic mass is 10.1. The first-order valence-corrected chi connectivity index (χ1v) is 4.29. The van der Waals surface area contributed by atoms with Crippen LogP contribution in [0.25, 0.3) is 5.57 Å². The van der Waals surface area contributed by atoms with Crippen molar-refractivity contribution in [2.45, 2.75) is 6.04 Å². The summed E-state index contributed by atoms with van der Waals surface area (Å²) in [5, 5.41) is 11.4. The standard InChI is InChI=1S/C8H13N5/c1-13-11-5-8(12-13)6-2-7(9)4-10-3-6/h2,5,7,10H,3-4,9H2,1H3. The van der Waals surface area contributed by atoms with E-state index in [-0.39, 0.29) is 6.04 Å². The Morgan fingerprint density at radius 1 is 1.69 bits per heavy atom. The molecule has 70 valence electrons. The second-order valence-corrected chi connectivity index (χ2v) is 3.21. The summed E-state index contributed by atoms with van der Waals surface area (Å²) in [7, 11) is 1.81. The normalized spacial score (nSPS) is 22.9. The fourth-order valence-electron chi connectivity index (χ4n) is 1.42. The Kier molecular flexibility index (Phi) is 2.12. The van der Waals surface area contributed by atoms with Crippen LogP contribution < -0.4 is 11.1 Å². The third kappa shape index (κ3) is 1.76. The first kappa shape index (κ1) is 8.40. The molecule has 3 N–H and O–H groups in total. The SMILES string of the molecule is Cn1ncc(C2=CC(N)CNC2)n1.